The predicted octanol–water partition coefficient (Wildman–Crippen LogP) is 3.22. The number of nitrogens with one attached hydrogen (secondary N) is 1. The maximum Gasteiger partial charge on any atom is 0.0509 e. The summed E-state index contributed by atoms with van der Waals surface area (Å²) >= 11 is 0. The van der Waals surface area contributed by atoms with Crippen LogP contribution in [0.3, 0.4) is 0 Å². The van der Waals surface area contributed by atoms with Crippen molar-refractivity contribution in [2.45, 2.75) is 58.9 Å². The minimum Gasteiger partial charge on any atom is -0.381 e. The predicted molar refractivity (Wildman–Crippen MR) is 69.7 cm³/mol. The smallest absolute Gasteiger partial charge is 0.0509 e. The highest BCUT2D eigenvalue weighted by atomic mass is 16.5. The molecular formula is C14H29NO. The Labute approximate surface area is 101 Å². The highest BCUT2D eigenvalue weighted by molar-refractivity contribution is 4.79. The summed E-state index contributed by atoms with van der Waals surface area (Å²) in [6.07, 6.45) is 6.42. The van der Waals surface area contributed by atoms with E-state index in [4.69, 9.17) is 4.74 Å². The van der Waals surface area contributed by atoms with Crippen molar-refractivity contribution in [1.82, 2.24) is 5.32 Å². The molecular weight excluding hydrogens is 198 g/mol. The number of hydrogen-bond donors (Lipinski definition) is 1. The van der Waals surface area contributed by atoms with Crippen LogP contribution in [0.5, 0.6) is 0 Å². The van der Waals surface area contributed by atoms with Gasteiger partial charge in [0, 0.05) is 12.6 Å². The molecule has 0 aromatic rings. The SMILES string of the molecule is CCCNC(CC(C)CC)C1CCCOC1. The first-order valence-corrected chi connectivity index (χ1v) is 7.09. The number of ether oxygens (including phenoxy) is 1. The summed E-state index contributed by atoms with van der Waals surface area (Å²) in [5.41, 5.74) is 0. The van der Waals surface area contributed by atoms with Gasteiger partial charge in [0.2, 0.25) is 0 Å². The van der Waals surface area contributed by atoms with Crippen molar-refractivity contribution in [3.63, 3.8) is 0 Å². The average molecular weight is 227 g/mol. The van der Waals surface area contributed by atoms with Crippen molar-refractivity contribution in [2.24, 2.45) is 11.8 Å². The van der Waals surface area contributed by atoms with Crippen molar-refractivity contribution in [3.05, 3.63) is 0 Å². The molecule has 1 N–H and O–H groups in total. The Morgan fingerprint density at radius 3 is 2.75 bits per heavy atom. The quantitative estimate of drug-likeness (QED) is 0.721. The third-order valence-corrected chi connectivity index (χ3v) is 3.77. The number of hydrogen-bond acceptors (Lipinski definition) is 2. The van der Waals surface area contributed by atoms with Gasteiger partial charge in [-0.2, -0.15) is 0 Å². The van der Waals surface area contributed by atoms with Crippen LogP contribution in [0.2, 0.25) is 0 Å². The molecule has 1 aliphatic heterocycles. The summed E-state index contributed by atoms with van der Waals surface area (Å²) in [6, 6.07) is 0.676. The second kappa shape index (κ2) is 8.08. The second-order valence-electron chi connectivity index (χ2n) is 5.29. The largest absolute Gasteiger partial charge is 0.381 e. The fraction of sp³-hybridized carbons (Fsp3) is 1.00. The van der Waals surface area contributed by atoms with Crippen LogP contribution in [0.15, 0.2) is 0 Å². The van der Waals surface area contributed by atoms with E-state index in [-0.39, 0.29) is 0 Å². The first kappa shape index (κ1) is 14.0. The van der Waals surface area contributed by atoms with Gasteiger partial charge in [-0.15, -0.1) is 0 Å². The van der Waals surface area contributed by atoms with E-state index in [9.17, 15) is 0 Å². The lowest BCUT2D eigenvalue weighted by molar-refractivity contribution is 0.0355. The average Bonchev–Trinajstić information content (AvgIpc) is 2.35. The minimum atomic E-state index is 0.676. The molecule has 1 rings (SSSR count). The molecule has 1 fully saturated rings. The second-order valence-corrected chi connectivity index (χ2v) is 5.29. The Morgan fingerprint density at radius 1 is 1.38 bits per heavy atom. The monoisotopic (exact) mass is 227 g/mol. The Balaban J connectivity index is 2.40. The molecule has 0 aromatic carbocycles. The molecule has 1 aliphatic rings. The van der Waals surface area contributed by atoms with Crippen LogP contribution < -0.4 is 5.32 Å². The van der Waals surface area contributed by atoms with Crippen LogP contribution in [0, 0.1) is 11.8 Å². The minimum absolute atomic E-state index is 0.676. The fourth-order valence-electron chi connectivity index (χ4n) is 2.46. The summed E-state index contributed by atoms with van der Waals surface area (Å²) in [5, 5.41) is 3.72. The topological polar surface area (TPSA) is 21.3 Å². The summed E-state index contributed by atoms with van der Waals surface area (Å²) in [5.74, 6) is 1.57. The van der Waals surface area contributed by atoms with E-state index in [0.717, 1.165) is 31.6 Å². The lowest BCUT2D eigenvalue weighted by atomic mass is 9.86. The van der Waals surface area contributed by atoms with Gasteiger partial charge >= 0.3 is 0 Å². The van der Waals surface area contributed by atoms with Gasteiger partial charge < -0.3 is 10.1 Å². The summed E-state index contributed by atoms with van der Waals surface area (Å²) in [6.45, 7) is 9.99. The molecule has 0 aromatic heterocycles. The van der Waals surface area contributed by atoms with Crippen molar-refractivity contribution in [1.29, 1.82) is 0 Å². The molecule has 0 saturated carbocycles. The molecule has 16 heavy (non-hydrogen) atoms. The lowest BCUT2D eigenvalue weighted by Gasteiger charge is -2.32. The zero-order valence-corrected chi connectivity index (χ0v) is 11.3. The lowest BCUT2D eigenvalue weighted by Crippen LogP contribution is -2.41. The van der Waals surface area contributed by atoms with E-state index in [0.29, 0.717) is 6.04 Å². The van der Waals surface area contributed by atoms with E-state index >= 15 is 0 Å². The first-order valence-electron chi connectivity index (χ1n) is 7.09. The summed E-state index contributed by atoms with van der Waals surface area (Å²) in [4.78, 5) is 0. The van der Waals surface area contributed by atoms with E-state index in [1.165, 1.54) is 32.1 Å². The van der Waals surface area contributed by atoms with Crippen LogP contribution >= 0.6 is 0 Å². The van der Waals surface area contributed by atoms with E-state index < -0.39 is 0 Å². The van der Waals surface area contributed by atoms with Gasteiger partial charge in [0.15, 0.2) is 0 Å². The Bertz CT molecular complexity index is 166. The Kier molecular flexibility index (Phi) is 7.06. The molecule has 1 heterocycles. The highest BCUT2D eigenvalue weighted by Gasteiger charge is 2.24. The molecule has 0 spiro atoms. The van der Waals surface area contributed by atoms with E-state index in [2.05, 4.69) is 26.1 Å². The molecule has 0 aliphatic carbocycles. The third-order valence-electron chi connectivity index (χ3n) is 3.77. The molecule has 1 saturated heterocycles. The molecule has 96 valence electrons. The van der Waals surface area contributed by atoms with Gasteiger partial charge in [0.05, 0.1) is 6.61 Å². The molecule has 0 amide bonds. The van der Waals surface area contributed by atoms with Gasteiger partial charge in [-0.25, -0.2) is 0 Å². The highest BCUT2D eigenvalue weighted by Crippen LogP contribution is 2.23. The molecule has 2 heteroatoms. The molecule has 3 atom stereocenters. The van der Waals surface area contributed by atoms with Crippen LogP contribution in [-0.4, -0.2) is 25.8 Å². The van der Waals surface area contributed by atoms with Crippen LogP contribution in [0.1, 0.15) is 52.9 Å². The fourth-order valence-corrected chi connectivity index (χ4v) is 2.46. The standard InChI is InChI=1S/C14H29NO/c1-4-8-15-14(10-12(3)5-2)13-7-6-9-16-11-13/h12-15H,4-11H2,1-3H3. The summed E-state index contributed by atoms with van der Waals surface area (Å²) < 4.78 is 5.62. The van der Waals surface area contributed by atoms with Crippen LogP contribution in [0.4, 0.5) is 0 Å². The first-order chi connectivity index (χ1) is 7.77. The van der Waals surface area contributed by atoms with Crippen molar-refractivity contribution < 1.29 is 4.74 Å². The number of rotatable bonds is 7. The Hall–Kier alpha value is -0.0800. The molecule has 3 unspecified atom stereocenters. The zero-order valence-electron chi connectivity index (χ0n) is 11.3. The molecule has 0 radical (unpaired) electrons. The van der Waals surface area contributed by atoms with Gasteiger partial charge in [0.25, 0.3) is 0 Å². The maximum atomic E-state index is 5.62. The maximum absolute atomic E-state index is 5.62. The van der Waals surface area contributed by atoms with Gasteiger partial charge in [-0.05, 0) is 44.1 Å². The normalized spacial score (nSPS) is 25.3. The van der Waals surface area contributed by atoms with Gasteiger partial charge in [0.1, 0.15) is 0 Å². The zero-order chi connectivity index (χ0) is 11.8. The van der Waals surface area contributed by atoms with Crippen LogP contribution in [0.25, 0.3) is 0 Å². The van der Waals surface area contributed by atoms with Gasteiger partial charge in [-0.1, -0.05) is 27.2 Å². The van der Waals surface area contributed by atoms with Crippen molar-refractivity contribution in [3.8, 4) is 0 Å². The van der Waals surface area contributed by atoms with E-state index in [1.807, 2.05) is 0 Å². The molecule has 0 bridgehead atoms. The summed E-state index contributed by atoms with van der Waals surface area (Å²) in [7, 11) is 0. The van der Waals surface area contributed by atoms with Crippen LogP contribution in [-0.2, 0) is 4.74 Å². The van der Waals surface area contributed by atoms with Gasteiger partial charge in [-0.3, -0.25) is 0 Å². The Morgan fingerprint density at radius 2 is 2.19 bits per heavy atom. The van der Waals surface area contributed by atoms with Crippen molar-refractivity contribution >= 4 is 0 Å². The van der Waals surface area contributed by atoms with Crippen molar-refractivity contribution in [2.75, 3.05) is 19.8 Å². The third kappa shape index (κ3) is 4.84. The van der Waals surface area contributed by atoms with E-state index in [1.54, 1.807) is 0 Å². The molecule has 2 nitrogen and oxygen atoms in total.